The summed E-state index contributed by atoms with van der Waals surface area (Å²) in [6.07, 6.45) is 8.28. The molecule has 2 aliphatic rings. The molecule has 2 aliphatic carbocycles. The Morgan fingerprint density at radius 2 is 1.83 bits per heavy atom. The lowest BCUT2D eigenvalue weighted by atomic mass is 9.75. The number of hydrogen-bond donors (Lipinski definition) is 1. The van der Waals surface area contributed by atoms with Crippen molar-refractivity contribution >= 4 is 11.6 Å². The normalized spacial score (nSPS) is 28.3. The summed E-state index contributed by atoms with van der Waals surface area (Å²) in [5.74, 6) is 1.63. The van der Waals surface area contributed by atoms with Crippen molar-refractivity contribution in [3.8, 4) is 0 Å². The van der Waals surface area contributed by atoms with Gasteiger partial charge >= 0.3 is 0 Å². The molecule has 0 unspecified atom stereocenters. The van der Waals surface area contributed by atoms with Gasteiger partial charge in [-0.25, -0.2) is 0 Å². The average molecular weight is 264 g/mol. The van der Waals surface area contributed by atoms with E-state index >= 15 is 0 Å². The summed E-state index contributed by atoms with van der Waals surface area (Å²) in [7, 11) is 0. The van der Waals surface area contributed by atoms with Gasteiger partial charge in [0.05, 0.1) is 0 Å². The SMILES string of the molecule is Clc1ccccc1C1CC(NCC2CCCC2)C1. The fourth-order valence-corrected chi connectivity index (χ4v) is 3.68. The highest BCUT2D eigenvalue weighted by atomic mass is 35.5. The Hall–Kier alpha value is -0.530. The van der Waals surface area contributed by atoms with Gasteiger partial charge in [0.15, 0.2) is 0 Å². The van der Waals surface area contributed by atoms with E-state index in [2.05, 4.69) is 17.4 Å². The second-order valence-corrected chi connectivity index (χ2v) is 6.35. The summed E-state index contributed by atoms with van der Waals surface area (Å²) in [5.41, 5.74) is 1.35. The molecule has 1 aromatic rings. The van der Waals surface area contributed by atoms with Crippen LogP contribution in [0.25, 0.3) is 0 Å². The van der Waals surface area contributed by atoms with E-state index in [0.29, 0.717) is 5.92 Å². The van der Waals surface area contributed by atoms with Crippen LogP contribution in [-0.2, 0) is 0 Å². The van der Waals surface area contributed by atoms with Crippen molar-refractivity contribution < 1.29 is 0 Å². The lowest BCUT2D eigenvalue weighted by molar-refractivity contribution is 0.276. The molecule has 0 saturated heterocycles. The third-order valence-corrected chi connectivity index (χ3v) is 5.00. The summed E-state index contributed by atoms with van der Waals surface area (Å²) >= 11 is 6.24. The quantitative estimate of drug-likeness (QED) is 0.851. The molecule has 0 amide bonds. The summed E-state index contributed by atoms with van der Waals surface area (Å²) in [6, 6.07) is 9.03. The monoisotopic (exact) mass is 263 g/mol. The molecule has 0 aliphatic heterocycles. The minimum atomic E-state index is 0.680. The average Bonchev–Trinajstić information content (AvgIpc) is 2.82. The van der Waals surface area contributed by atoms with Crippen molar-refractivity contribution in [3.63, 3.8) is 0 Å². The molecule has 1 N–H and O–H groups in total. The first kappa shape index (κ1) is 12.5. The molecule has 1 nitrogen and oxygen atoms in total. The molecule has 1 aromatic carbocycles. The van der Waals surface area contributed by atoms with Gasteiger partial charge in [-0.3, -0.25) is 0 Å². The van der Waals surface area contributed by atoms with Crippen molar-refractivity contribution in [2.75, 3.05) is 6.54 Å². The van der Waals surface area contributed by atoms with Crippen LogP contribution < -0.4 is 5.32 Å². The minimum absolute atomic E-state index is 0.680. The predicted octanol–water partition coefficient (Wildman–Crippen LogP) is 4.37. The molecule has 2 fully saturated rings. The van der Waals surface area contributed by atoms with Crippen LogP contribution in [0.1, 0.15) is 50.0 Å². The van der Waals surface area contributed by atoms with Crippen molar-refractivity contribution in [1.29, 1.82) is 0 Å². The van der Waals surface area contributed by atoms with E-state index in [1.807, 2.05) is 12.1 Å². The number of benzene rings is 1. The van der Waals surface area contributed by atoms with Crippen LogP contribution >= 0.6 is 11.6 Å². The number of rotatable bonds is 4. The van der Waals surface area contributed by atoms with Gasteiger partial charge in [0.1, 0.15) is 0 Å². The Balaban J connectivity index is 1.44. The van der Waals surface area contributed by atoms with Crippen LogP contribution in [0, 0.1) is 5.92 Å². The topological polar surface area (TPSA) is 12.0 Å². The Morgan fingerprint density at radius 1 is 1.11 bits per heavy atom. The zero-order valence-corrected chi connectivity index (χ0v) is 11.6. The molecule has 2 heteroatoms. The Morgan fingerprint density at radius 3 is 2.56 bits per heavy atom. The van der Waals surface area contributed by atoms with Gasteiger partial charge in [0.25, 0.3) is 0 Å². The van der Waals surface area contributed by atoms with E-state index in [-0.39, 0.29) is 0 Å². The largest absolute Gasteiger partial charge is 0.314 e. The van der Waals surface area contributed by atoms with E-state index < -0.39 is 0 Å². The minimum Gasteiger partial charge on any atom is -0.314 e. The number of nitrogens with one attached hydrogen (secondary N) is 1. The standard InChI is InChI=1S/C16H22ClN/c17-16-8-4-3-7-15(16)13-9-14(10-13)18-11-12-5-1-2-6-12/h3-4,7-8,12-14,18H,1-2,5-6,9-11H2. The van der Waals surface area contributed by atoms with E-state index in [0.717, 1.165) is 17.0 Å². The molecule has 0 spiro atoms. The van der Waals surface area contributed by atoms with Crippen LogP contribution in [0.3, 0.4) is 0 Å². The van der Waals surface area contributed by atoms with E-state index in [4.69, 9.17) is 11.6 Å². The Kier molecular flexibility index (Phi) is 3.91. The third kappa shape index (κ3) is 2.73. The predicted molar refractivity (Wildman–Crippen MR) is 77.2 cm³/mol. The van der Waals surface area contributed by atoms with Crippen molar-refractivity contribution in [1.82, 2.24) is 5.32 Å². The molecular formula is C16H22ClN. The summed E-state index contributed by atoms with van der Waals surface area (Å²) < 4.78 is 0. The molecule has 0 bridgehead atoms. The summed E-state index contributed by atoms with van der Waals surface area (Å²) in [4.78, 5) is 0. The maximum absolute atomic E-state index is 6.24. The van der Waals surface area contributed by atoms with Gasteiger partial charge in [-0.05, 0) is 55.7 Å². The zero-order chi connectivity index (χ0) is 12.4. The maximum atomic E-state index is 6.24. The molecule has 0 atom stereocenters. The second-order valence-electron chi connectivity index (χ2n) is 5.95. The van der Waals surface area contributed by atoms with Crippen LogP contribution in [-0.4, -0.2) is 12.6 Å². The fourth-order valence-electron chi connectivity index (χ4n) is 3.39. The molecule has 2 saturated carbocycles. The Bertz CT molecular complexity index is 392. The van der Waals surface area contributed by atoms with E-state index in [1.165, 1.54) is 50.6 Å². The molecule has 0 radical (unpaired) electrons. The molecule has 0 heterocycles. The van der Waals surface area contributed by atoms with Gasteiger partial charge < -0.3 is 5.32 Å². The summed E-state index contributed by atoms with van der Waals surface area (Å²) in [6.45, 7) is 1.24. The first-order valence-corrected chi connectivity index (χ1v) is 7.68. The van der Waals surface area contributed by atoms with E-state index in [1.54, 1.807) is 0 Å². The van der Waals surface area contributed by atoms with Gasteiger partial charge in [0.2, 0.25) is 0 Å². The Labute approximate surface area is 115 Å². The van der Waals surface area contributed by atoms with Crippen molar-refractivity contribution in [2.24, 2.45) is 5.92 Å². The van der Waals surface area contributed by atoms with Crippen molar-refractivity contribution in [2.45, 2.75) is 50.5 Å². The smallest absolute Gasteiger partial charge is 0.0440 e. The van der Waals surface area contributed by atoms with Crippen LogP contribution in [0.5, 0.6) is 0 Å². The van der Waals surface area contributed by atoms with E-state index in [9.17, 15) is 0 Å². The lowest BCUT2D eigenvalue weighted by Gasteiger charge is -2.37. The van der Waals surface area contributed by atoms with Gasteiger partial charge in [-0.2, -0.15) is 0 Å². The first-order valence-electron chi connectivity index (χ1n) is 7.30. The number of hydrogen-bond acceptors (Lipinski definition) is 1. The summed E-state index contributed by atoms with van der Waals surface area (Å²) in [5, 5.41) is 4.68. The van der Waals surface area contributed by atoms with Gasteiger partial charge in [0, 0.05) is 11.1 Å². The molecule has 0 aromatic heterocycles. The van der Waals surface area contributed by atoms with Crippen molar-refractivity contribution in [3.05, 3.63) is 34.9 Å². The highest BCUT2D eigenvalue weighted by Crippen LogP contribution is 2.40. The molecule has 18 heavy (non-hydrogen) atoms. The highest BCUT2D eigenvalue weighted by Gasteiger charge is 2.31. The van der Waals surface area contributed by atoms with Crippen LogP contribution in [0.2, 0.25) is 5.02 Å². The van der Waals surface area contributed by atoms with Gasteiger partial charge in [-0.1, -0.05) is 42.6 Å². The van der Waals surface area contributed by atoms with Gasteiger partial charge in [-0.15, -0.1) is 0 Å². The molecular weight excluding hydrogens is 242 g/mol. The molecule has 3 rings (SSSR count). The zero-order valence-electron chi connectivity index (χ0n) is 10.9. The van der Waals surface area contributed by atoms with Crippen LogP contribution in [0.15, 0.2) is 24.3 Å². The maximum Gasteiger partial charge on any atom is 0.0440 e. The third-order valence-electron chi connectivity index (χ3n) is 4.65. The first-order chi connectivity index (χ1) is 8.83. The molecule has 98 valence electrons. The second kappa shape index (κ2) is 5.63. The lowest BCUT2D eigenvalue weighted by Crippen LogP contribution is -2.42. The number of halogens is 1. The van der Waals surface area contributed by atoms with Crippen LogP contribution in [0.4, 0.5) is 0 Å². The highest BCUT2D eigenvalue weighted by molar-refractivity contribution is 6.31. The fraction of sp³-hybridized carbons (Fsp3) is 0.625.